The molecule has 0 bridgehead atoms. The third kappa shape index (κ3) is 2.46. The Hall–Kier alpha value is -1.15. The highest BCUT2D eigenvalue weighted by atomic mass is 16.3. The largest absolute Gasteiger partial charge is 0.393 e. The quantitative estimate of drug-likeness (QED) is 0.652. The van der Waals surface area contributed by atoms with Crippen molar-refractivity contribution in [1.82, 2.24) is 4.98 Å². The SMILES string of the molecule is CC1C[C@@]2(C)C(CCC3C2CC[C@]2(C)C(c4cccnc4)=CCC32)C(C)C1O. The Kier molecular flexibility index (Phi) is 4.32. The number of pyridine rings is 1. The summed E-state index contributed by atoms with van der Waals surface area (Å²) >= 11 is 0. The molecule has 1 aromatic heterocycles. The van der Waals surface area contributed by atoms with Gasteiger partial charge >= 0.3 is 0 Å². The molecule has 9 atom stereocenters. The zero-order valence-electron chi connectivity index (χ0n) is 18.1. The van der Waals surface area contributed by atoms with Crippen LogP contribution in [0.5, 0.6) is 0 Å². The van der Waals surface area contributed by atoms with Crippen molar-refractivity contribution in [1.29, 1.82) is 0 Å². The van der Waals surface area contributed by atoms with Gasteiger partial charge in [-0.05, 0) is 102 Å². The standard InChI is InChI=1S/C26H37NO/c1-16-14-26(4)20(17(2)24(16)28)8-7-19-22-10-9-21(18-6-5-13-27-15-18)25(22,3)12-11-23(19)26/h5-6,9,13,15-17,19-20,22-24,28H,7-8,10-12,14H2,1-4H3/t16?,17?,19?,20?,22?,23?,24?,25-,26+/m1/s1. The van der Waals surface area contributed by atoms with Gasteiger partial charge in [-0.1, -0.05) is 39.8 Å². The molecule has 28 heavy (non-hydrogen) atoms. The number of aromatic nitrogens is 1. The first-order chi connectivity index (χ1) is 13.4. The highest BCUT2D eigenvalue weighted by Gasteiger charge is 2.60. The van der Waals surface area contributed by atoms with Crippen LogP contribution in [-0.2, 0) is 0 Å². The summed E-state index contributed by atoms with van der Waals surface area (Å²) in [5.41, 5.74) is 3.64. The van der Waals surface area contributed by atoms with Crippen LogP contribution in [0.2, 0.25) is 0 Å². The van der Waals surface area contributed by atoms with E-state index in [1.165, 1.54) is 44.1 Å². The fourth-order valence-electron chi connectivity index (χ4n) is 8.76. The predicted octanol–water partition coefficient (Wildman–Crippen LogP) is 5.97. The molecule has 2 heteroatoms. The lowest BCUT2D eigenvalue weighted by atomic mass is 9.42. The topological polar surface area (TPSA) is 33.1 Å². The maximum Gasteiger partial charge on any atom is 0.0594 e. The third-order valence-electron chi connectivity index (χ3n) is 10.0. The van der Waals surface area contributed by atoms with E-state index in [9.17, 15) is 5.11 Å². The molecule has 7 unspecified atom stereocenters. The highest BCUT2D eigenvalue weighted by molar-refractivity contribution is 5.72. The van der Waals surface area contributed by atoms with Gasteiger partial charge in [-0.2, -0.15) is 0 Å². The average Bonchev–Trinajstić information content (AvgIpc) is 3.04. The van der Waals surface area contributed by atoms with E-state index in [2.05, 4.69) is 57.1 Å². The monoisotopic (exact) mass is 379 g/mol. The molecular weight excluding hydrogens is 342 g/mol. The Labute approximate surface area is 170 Å². The van der Waals surface area contributed by atoms with Crippen LogP contribution in [0, 0.1) is 46.3 Å². The van der Waals surface area contributed by atoms with Crippen molar-refractivity contribution in [2.75, 3.05) is 0 Å². The molecule has 0 amide bonds. The molecule has 0 radical (unpaired) electrons. The Morgan fingerprint density at radius 3 is 2.64 bits per heavy atom. The Bertz CT molecular complexity index is 772. The molecule has 1 N–H and O–H groups in total. The van der Waals surface area contributed by atoms with Crippen LogP contribution >= 0.6 is 0 Å². The summed E-state index contributed by atoms with van der Waals surface area (Å²) in [6.45, 7) is 9.76. The van der Waals surface area contributed by atoms with Crippen molar-refractivity contribution in [3.05, 3.63) is 36.2 Å². The molecule has 152 valence electrons. The maximum absolute atomic E-state index is 10.7. The molecule has 4 aliphatic rings. The summed E-state index contributed by atoms with van der Waals surface area (Å²) < 4.78 is 0. The van der Waals surface area contributed by atoms with Gasteiger partial charge in [0.05, 0.1) is 6.10 Å². The fraction of sp³-hybridized carbons (Fsp3) is 0.731. The van der Waals surface area contributed by atoms with Crippen LogP contribution < -0.4 is 0 Å². The van der Waals surface area contributed by atoms with Gasteiger partial charge in [0.1, 0.15) is 0 Å². The third-order valence-corrected chi connectivity index (χ3v) is 10.0. The van der Waals surface area contributed by atoms with Crippen molar-refractivity contribution in [3.63, 3.8) is 0 Å². The summed E-state index contributed by atoms with van der Waals surface area (Å²) in [4.78, 5) is 4.40. The minimum atomic E-state index is -0.103. The molecule has 1 heterocycles. The lowest BCUT2D eigenvalue weighted by molar-refractivity contribution is -0.156. The van der Waals surface area contributed by atoms with Gasteiger partial charge in [0.25, 0.3) is 0 Å². The first-order valence-corrected chi connectivity index (χ1v) is 11.7. The fourth-order valence-corrected chi connectivity index (χ4v) is 8.76. The van der Waals surface area contributed by atoms with Crippen LogP contribution in [-0.4, -0.2) is 16.2 Å². The molecule has 1 aromatic rings. The minimum Gasteiger partial charge on any atom is -0.393 e. The van der Waals surface area contributed by atoms with Gasteiger partial charge in [0, 0.05) is 12.4 Å². The van der Waals surface area contributed by atoms with Crippen LogP contribution in [0.25, 0.3) is 5.57 Å². The number of hydrogen-bond acceptors (Lipinski definition) is 2. The van der Waals surface area contributed by atoms with Gasteiger partial charge in [0.2, 0.25) is 0 Å². The Morgan fingerprint density at radius 2 is 1.89 bits per heavy atom. The van der Waals surface area contributed by atoms with E-state index in [4.69, 9.17) is 0 Å². The summed E-state index contributed by atoms with van der Waals surface area (Å²) in [7, 11) is 0. The lowest BCUT2D eigenvalue weighted by Gasteiger charge is -2.63. The molecule has 0 saturated heterocycles. The van der Waals surface area contributed by atoms with Crippen LogP contribution in [0.3, 0.4) is 0 Å². The predicted molar refractivity (Wildman–Crippen MR) is 114 cm³/mol. The second kappa shape index (κ2) is 6.42. The van der Waals surface area contributed by atoms with Crippen LogP contribution in [0.4, 0.5) is 0 Å². The summed E-state index contributed by atoms with van der Waals surface area (Å²) in [6.07, 6.45) is 14.2. The van der Waals surface area contributed by atoms with Crippen molar-refractivity contribution in [3.8, 4) is 0 Å². The number of hydrogen-bond donors (Lipinski definition) is 1. The van der Waals surface area contributed by atoms with Crippen molar-refractivity contribution in [2.24, 2.45) is 46.3 Å². The molecule has 2 nitrogen and oxygen atoms in total. The summed E-state index contributed by atoms with van der Waals surface area (Å²) in [6, 6.07) is 4.34. The normalized spacial score (nSPS) is 50.3. The zero-order chi connectivity index (χ0) is 19.7. The lowest BCUT2D eigenvalue weighted by Crippen LogP contribution is -2.57. The van der Waals surface area contributed by atoms with Crippen LogP contribution in [0.15, 0.2) is 30.6 Å². The first-order valence-electron chi connectivity index (χ1n) is 11.7. The van der Waals surface area contributed by atoms with E-state index in [0.29, 0.717) is 28.6 Å². The van der Waals surface area contributed by atoms with Gasteiger partial charge in [-0.3, -0.25) is 4.98 Å². The molecule has 0 aromatic carbocycles. The minimum absolute atomic E-state index is 0.103. The summed E-state index contributed by atoms with van der Waals surface area (Å²) in [5.74, 6) is 4.07. The maximum atomic E-state index is 10.7. The van der Waals surface area contributed by atoms with E-state index in [-0.39, 0.29) is 6.10 Å². The van der Waals surface area contributed by atoms with Crippen molar-refractivity contribution < 1.29 is 5.11 Å². The second-order valence-electron chi connectivity index (χ2n) is 11.1. The van der Waals surface area contributed by atoms with Gasteiger partial charge < -0.3 is 5.11 Å². The number of nitrogens with zero attached hydrogens (tertiary/aromatic N) is 1. The molecule has 5 rings (SSSR count). The smallest absolute Gasteiger partial charge is 0.0594 e. The Balaban J connectivity index is 1.46. The molecule has 3 saturated carbocycles. The van der Waals surface area contributed by atoms with E-state index in [1.54, 1.807) is 5.57 Å². The number of aliphatic hydroxyl groups is 1. The van der Waals surface area contributed by atoms with Crippen molar-refractivity contribution in [2.45, 2.75) is 72.3 Å². The molecule has 4 aliphatic carbocycles. The Morgan fingerprint density at radius 1 is 1.07 bits per heavy atom. The molecular formula is C26H37NO. The van der Waals surface area contributed by atoms with E-state index in [0.717, 1.165) is 17.8 Å². The number of fused-ring (bicyclic) bond motifs is 5. The zero-order valence-corrected chi connectivity index (χ0v) is 18.1. The van der Waals surface area contributed by atoms with Gasteiger partial charge in [-0.15, -0.1) is 0 Å². The van der Waals surface area contributed by atoms with Gasteiger partial charge in [-0.25, -0.2) is 0 Å². The number of aliphatic hydroxyl groups excluding tert-OH is 1. The van der Waals surface area contributed by atoms with Gasteiger partial charge in [0.15, 0.2) is 0 Å². The summed E-state index contributed by atoms with van der Waals surface area (Å²) in [5, 5.41) is 10.7. The number of rotatable bonds is 1. The highest BCUT2D eigenvalue weighted by Crippen LogP contribution is 2.68. The van der Waals surface area contributed by atoms with E-state index in [1.807, 2.05) is 6.20 Å². The molecule has 0 aliphatic heterocycles. The van der Waals surface area contributed by atoms with E-state index >= 15 is 0 Å². The molecule has 3 fully saturated rings. The molecule has 0 spiro atoms. The van der Waals surface area contributed by atoms with Crippen LogP contribution in [0.1, 0.15) is 71.8 Å². The van der Waals surface area contributed by atoms with Crippen molar-refractivity contribution >= 4 is 5.57 Å². The average molecular weight is 380 g/mol. The second-order valence-corrected chi connectivity index (χ2v) is 11.1. The van der Waals surface area contributed by atoms with E-state index < -0.39 is 0 Å². The number of allylic oxidation sites excluding steroid dienone is 2. The first kappa shape index (κ1) is 18.9.